The molecule has 0 aliphatic carbocycles. The summed E-state index contributed by atoms with van der Waals surface area (Å²) >= 11 is 3.39. The first-order chi connectivity index (χ1) is 10.0. The predicted octanol–water partition coefficient (Wildman–Crippen LogP) is 3.39. The SMILES string of the molecule is C=CCC(C(=O)OCC)(C(=O)OCC)c1ccccc1Br. The molecule has 0 spiro atoms. The number of hydrogen-bond acceptors (Lipinski definition) is 4. The summed E-state index contributed by atoms with van der Waals surface area (Å²) < 4.78 is 10.9. The van der Waals surface area contributed by atoms with Crippen LogP contribution < -0.4 is 0 Å². The molecule has 1 aromatic carbocycles. The number of rotatable bonds is 7. The van der Waals surface area contributed by atoms with Crippen molar-refractivity contribution in [2.24, 2.45) is 0 Å². The van der Waals surface area contributed by atoms with Gasteiger partial charge in [-0.2, -0.15) is 0 Å². The van der Waals surface area contributed by atoms with Crippen molar-refractivity contribution in [3.8, 4) is 0 Å². The molecule has 0 fully saturated rings. The van der Waals surface area contributed by atoms with E-state index in [1.54, 1.807) is 32.0 Å². The fourth-order valence-electron chi connectivity index (χ4n) is 2.11. The Hall–Kier alpha value is -1.62. The van der Waals surface area contributed by atoms with Crippen molar-refractivity contribution in [3.63, 3.8) is 0 Å². The Bertz CT molecular complexity index is 507. The summed E-state index contributed by atoms with van der Waals surface area (Å²) in [5.74, 6) is -1.26. The molecular formula is C16H19BrO4. The Morgan fingerprint density at radius 3 is 2.14 bits per heavy atom. The zero-order valence-corrected chi connectivity index (χ0v) is 13.8. The minimum atomic E-state index is -1.53. The van der Waals surface area contributed by atoms with Crippen LogP contribution in [0.5, 0.6) is 0 Å². The molecule has 0 radical (unpaired) electrons. The minimum absolute atomic E-state index is 0.104. The van der Waals surface area contributed by atoms with Gasteiger partial charge in [0.25, 0.3) is 0 Å². The van der Waals surface area contributed by atoms with E-state index in [4.69, 9.17) is 9.47 Å². The summed E-state index contributed by atoms with van der Waals surface area (Å²) in [5, 5.41) is 0. The van der Waals surface area contributed by atoms with Gasteiger partial charge in [0.15, 0.2) is 5.41 Å². The Kier molecular flexibility index (Phi) is 6.62. The number of esters is 2. The molecule has 0 atom stereocenters. The molecule has 21 heavy (non-hydrogen) atoms. The number of carbonyl (C=O) groups excluding carboxylic acids is 2. The van der Waals surface area contributed by atoms with Crippen LogP contribution in [0.1, 0.15) is 25.8 Å². The summed E-state index contributed by atoms with van der Waals surface area (Å²) in [6.07, 6.45) is 1.63. The Labute approximate surface area is 133 Å². The first kappa shape index (κ1) is 17.4. The van der Waals surface area contributed by atoms with E-state index in [0.29, 0.717) is 10.0 Å². The first-order valence-electron chi connectivity index (χ1n) is 6.74. The topological polar surface area (TPSA) is 52.6 Å². The Morgan fingerprint density at radius 1 is 1.19 bits per heavy atom. The van der Waals surface area contributed by atoms with Crippen molar-refractivity contribution in [2.75, 3.05) is 13.2 Å². The number of ether oxygens (including phenoxy) is 2. The molecule has 0 aromatic heterocycles. The highest BCUT2D eigenvalue weighted by Crippen LogP contribution is 2.36. The zero-order chi connectivity index (χ0) is 15.9. The summed E-state index contributed by atoms with van der Waals surface area (Å²) in [4.78, 5) is 25.1. The minimum Gasteiger partial charge on any atom is -0.465 e. The Morgan fingerprint density at radius 2 is 1.71 bits per heavy atom. The van der Waals surface area contributed by atoms with Crippen molar-refractivity contribution < 1.29 is 19.1 Å². The third-order valence-corrected chi connectivity index (χ3v) is 3.72. The lowest BCUT2D eigenvalue weighted by Crippen LogP contribution is -2.46. The van der Waals surface area contributed by atoms with Gasteiger partial charge in [-0.25, -0.2) is 0 Å². The van der Waals surface area contributed by atoms with Crippen molar-refractivity contribution >= 4 is 27.9 Å². The highest BCUT2D eigenvalue weighted by molar-refractivity contribution is 9.10. The first-order valence-corrected chi connectivity index (χ1v) is 7.54. The van der Waals surface area contributed by atoms with Crippen LogP contribution >= 0.6 is 15.9 Å². The lowest BCUT2D eigenvalue weighted by atomic mass is 9.77. The quantitative estimate of drug-likeness (QED) is 0.427. The van der Waals surface area contributed by atoms with E-state index in [-0.39, 0.29) is 19.6 Å². The second kappa shape index (κ2) is 7.98. The van der Waals surface area contributed by atoms with E-state index in [9.17, 15) is 9.59 Å². The molecule has 114 valence electrons. The molecule has 0 N–H and O–H groups in total. The number of hydrogen-bond donors (Lipinski definition) is 0. The molecule has 1 rings (SSSR count). The van der Waals surface area contributed by atoms with Crippen LogP contribution in [0.15, 0.2) is 41.4 Å². The number of halogens is 1. The van der Waals surface area contributed by atoms with Gasteiger partial charge in [-0.3, -0.25) is 9.59 Å². The van der Waals surface area contributed by atoms with Crippen LogP contribution in [0, 0.1) is 0 Å². The van der Waals surface area contributed by atoms with Crippen molar-refractivity contribution in [1.82, 2.24) is 0 Å². The number of allylic oxidation sites excluding steroid dienone is 1. The fraction of sp³-hybridized carbons (Fsp3) is 0.375. The van der Waals surface area contributed by atoms with Gasteiger partial charge >= 0.3 is 11.9 Å². The highest BCUT2D eigenvalue weighted by Gasteiger charge is 2.50. The van der Waals surface area contributed by atoms with Gasteiger partial charge in [-0.05, 0) is 31.9 Å². The summed E-state index contributed by atoms with van der Waals surface area (Å²) in [6.45, 7) is 7.41. The van der Waals surface area contributed by atoms with Crippen LogP contribution in [0.2, 0.25) is 0 Å². The van der Waals surface area contributed by atoms with Gasteiger partial charge in [0.05, 0.1) is 13.2 Å². The predicted molar refractivity (Wildman–Crippen MR) is 83.9 cm³/mol. The Balaban J connectivity index is 3.50. The van der Waals surface area contributed by atoms with Gasteiger partial charge in [0.2, 0.25) is 0 Å². The van der Waals surface area contributed by atoms with E-state index in [1.165, 1.54) is 6.08 Å². The van der Waals surface area contributed by atoms with Gasteiger partial charge in [-0.1, -0.05) is 40.2 Å². The maximum absolute atomic E-state index is 12.5. The van der Waals surface area contributed by atoms with Crippen LogP contribution in [0.3, 0.4) is 0 Å². The lowest BCUT2D eigenvalue weighted by molar-refractivity contribution is -0.164. The second-order valence-electron chi connectivity index (χ2n) is 4.32. The van der Waals surface area contributed by atoms with Crippen molar-refractivity contribution in [3.05, 3.63) is 47.0 Å². The second-order valence-corrected chi connectivity index (χ2v) is 5.17. The summed E-state index contributed by atoms with van der Waals surface area (Å²) in [6, 6.07) is 7.05. The van der Waals surface area contributed by atoms with Crippen LogP contribution in [-0.2, 0) is 24.5 Å². The van der Waals surface area contributed by atoms with E-state index in [0.717, 1.165) is 0 Å². The standard InChI is InChI=1S/C16H19BrO4/c1-4-11-16(14(18)20-5-2,15(19)21-6-3)12-9-7-8-10-13(12)17/h4,7-10H,1,5-6,11H2,2-3H3. The third-order valence-electron chi connectivity index (χ3n) is 3.03. The normalized spacial score (nSPS) is 10.8. The fourth-order valence-corrected chi connectivity index (χ4v) is 2.74. The maximum atomic E-state index is 12.5. The van der Waals surface area contributed by atoms with E-state index < -0.39 is 17.4 Å². The summed E-state index contributed by atoms with van der Waals surface area (Å²) in [7, 11) is 0. The maximum Gasteiger partial charge on any atom is 0.328 e. The van der Waals surface area contributed by atoms with E-state index in [2.05, 4.69) is 22.5 Å². The van der Waals surface area contributed by atoms with Gasteiger partial charge in [-0.15, -0.1) is 6.58 Å². The molecule has 0 aliphatic rings. The molecule has 0 heterocycles. The average molecular weight is 355 g/mol. The van der Waals surface area contributed by atoms with E-state index in [1.807, 2.05) is 6.07 Å². The van der Waals surface area contributed by atoms with Gasteiger partial charge in [0.1, 0.15) is 0 Å². The molecule has 0 aliphatic heterocycles. The number of benzene rings is 1. The molecule has 1 aromatic rings. The zero-order valence-electron chi connectivity index (χ0n) is 12.2. The van der Waals surface area contributed by atoms with Crippen LogP contribution in [0.25, 0.3) is 0 Å². The molecule has 4 nitrogen and oxygen atoms in total. The molecular weight excluding hydrogens is 336 g/mol. The third kappa shape index (κ3) is 3.53. The highest BCUT2D eigenvalue weighted by atomic mass is 79.9. The van der Waals surface area contributed by atoms with Crippen molar-refractivity contribution in [1.29, 1.82) is 0 Å². The molecule has 0 bridgehead atoms. The lowest BCUT2D eigenvalue weighted by Gasteiger charge is -2.29. The molecule has 0 saturated heterocycles. The largest absolute Gasteiger partial charge is 0.465 e. The van der Waals surface area contributed by atoms with Gasteiger partial charge in [0, 0.05) is 4.47 Å². The molecule has 5 heteroatoms. The average Bonchev–Trinajstić information content (AvgIpc) is 2.46. The van der Waals surface area contributed by atoms with Crippen LogP contribution in [-0.4, -0.2) is 25.2 Å². The van der Waals surface area contributed by atoms with E-state index >= 15 is 0 Å². The van der Waals surface area contributed by atoms with Crippen LogP contribution in [0.4, 0.5) is 0 Å². The smallest absolute Gasteiger partial charge is 0.328 e. The summed E-state index contributed by atoms with van der Waals surface area (Å²) in [5.41, 5.74) is -1.02. The molecule has 0 saturated carbocycles. The molecule has 0 amide bonds. The van der Waals surface area contributed by atoms with Gasteiger partial charge < -0.3 is 9.47 Å². The number of carbonyl (C=O) groups is 2. The van der Waals surface area contributed by atoms with Crippen molar-refractivity contribution in [2.45, 2.75) is 25.7 Å². The molecule has 0 unspecified atom stereocenters. The monoisotopic (exact) mass is 354 g/mol.